The number of carbonyl (C=O) groups excluding carboxylic acids is 1. The zero-order valence-electron chi connectivity index (χ0n) is 11.2. The lowest BCUT2D eigenvalue weighted by molar-refractivity contribution is -0.142. The quantitative estimate of drug-likeness (QED) is 0.761. The minimum absolute atomic E-state index is 0.198. The van der Waals surface area contributed by atoms with Crippen molar-refractivity contribution in [2.24, 2.45) is 0 Å². The second-order valence-corrected chi connectivity index (χ2v) is 8.85. The average molecular weight is 351 g/mol. The van der Waals surface area contributed by atoms with E-state index in [9.17, 15) is 13.2 Å². The van der Waals surface area contributed by atoms with Crippen LogP contribution in [0, 0.1) is 0 Å². The largest absolute Gasteiger partial charge is 0.464 e. The van der Waals surface area contributed by atoms with Crippen LogP contribution in [0.1, 0.15) is 6.42 Å². The maximum atomic E-state index is 12.5. The van der Waals surface area contributed by atoms with E-state index in [-0.39, 0.29) is 16.2 Å². The Morgan fingerprint density at radius 1 is 1.24 bits per heavy atom. The molecular formula is C12H15ClN2O4S2. The molecule has 0 aliphatic carbocycles. The number of nitrogens with zero attached hydrogens (tertiary/aromatic N) is 2. The summed E-state index contributed by atoms with van der Waals surface area (Å²) < 4.78 is 32.1. The summed E-state index contributed by atoms with van der Waals surface area (Å²) in [6.07, 6.45) is 0.687. The third kappa shape index (κ3) is 2.95. The number of halogens is 1. The van der Waals surface area contributed by atoms with E-state index in [1.165, 1.54) is 10.4 Å². The number of hydrogen-bond donors (Lipinski definition) is 0. The number of rotatable bonds is 3. The Morgan fingerprint density at radius 2 is 1.95 bits per heavy atom. The minimum Gasteiger partial charge on any atom is -0.464 e. The van der Waals surface area contributed by atoms with Gasteiger partial charge in [0.05, 0.1) is 10.9 Å². The predicted molar refractivity (Wildman–Crippen MR) is 79.0 cm³/mol. The van der Waals surface area contributed by atoms with Crippen molar-refractivity contribution in [2.75, 3.05) is 32.8 Å². The molecule has 1 atom stereocenters. The molecule has 9 heteroatoms. The van der Waals surface area contributed by atoms with Crippen LogP contribution in [0.3, 0.4) is 0 Å². The van der Waals surface area contributed by atoms with Crippen molar-refractivity contribution in [1.29, 1.82) is 0 Å². The fraction of sp³-hybridized carbons (Fsp3) is 0.583. The van der Waals surface area contributed by atoms with Crippen LogP contribution in [0.2, 0.25) is 4.34 Å². The molecule has 6 nitrogen and oxygen atoms in total. The number of piperazine rings is 1. The summed E-state index contributed by atoms with van der Waals surface area (Å²) in [7, 11) is -3.48. The molecule has 0 amide bonds. The van der Waals surface area contributed by atoms with Gasteiger partial charge in [-0.25, -0.2) is 8.42 Å². The summed E-state index contributed by atoms with van der Waals surface area (Å²) in [5.74, 6) is -0.198. The molecule has 1 aromatic rings. The van der Waals surface area contributed by atoms with E-state index >= 15 is 0 Å². The first kappa shape index (κ1) is 15.2. The van der Waals surface area contributed by atoms with Gasteiger partial charge in [-0.1, -0.05) is 11.6 Å². The third-order valence-electron chi connectivity index (χ3n) is 3.76. The zero-order valence-corrected chi connectivity index (χ0v) is 13.6. The van der Waals surface area contributed by atoms with Crippen molar-refractivity contribution >= 4 is 38.9 Å². The summed E-state index contributed by atoms with van der Waals surface area (Å²) in [6.45, 7) is 2.29. The van der Waals surface area contributed by atoms with Gasteiger partial charge in [0.2, 0.25) is 0 Å². The first-order valence-electron chi connectivity index (χ1n) is 6.64. The van der Waals surface area contributed by atoms with E-state index in [4.69, 9.17) is 16.3 Å². The van der Waals surface area contributed by atoms with Crippen molar-refractivity contribution in [3.05, 3.63) is 16.5 Å². The highest BCUT2D eigenvalue weighted by atomic mass is 35.5. The fourth-order valence-electron chi connectivity index (χ4n) is 2.64. The normalized spacial score (nSPS) is 25.2. The van der Waals surface area contributed by atoms with Crippen LogP contribution in [-0.2, 0) is 19.6 Å². The molecule has 21 heavy (non-hydrogen) atoms. The maximum absolute atomic E-state index is 12.5. The molecule has 1 unspecified atom stereocenters. The number of carbonyl (C=O) groups is 1. The Balaban J connectivity index is 1.67. The van der Waals surface area contributed by atoms with E-state index in [0.29, 0.717) is 43.5 Å². The van der Waals surface area contributed by atoms with Crippen molar-refractivity contribution in [2.45, 2.75) is 16.7 Å². The highest BCUT2D eigenvalue weighted by Crippen LogP contribution is 2.29. The second kappa shape index (κ2) is 5.85. The molecule has 0 spiro atoms. The predicted octanol–water partition coefficient (Wildman–Crippen LogP) is 1.02. The minimum atomic E-state index is -3.48. The molecule has 0 bridgehead atoms. The van der Waals surface area contributed by atoms with Crippen LogP contribution in [0.4, 0.5) is 0 Å². The average Bonchev–Trinajstić information content (AvgIpc) is 3.08. The second-order valence-electron chi connectivity index (χ2n) is 4.97. The standard InChI is InChI=1S/C12H15ClN2O4S2/c13-10-1-2-11(20-10)21(17,18)15-6-4-14(5-7-15)9-3-8-19-12(9)16/h1-2,9H,3-8H2. The number of sulfonamides is 1. The molecular weight excluding hydrogens is 336 g/mol. The Bertz CT molecular complexity index is 637. The number of esters is 1. The van der Waals surface area contributed by atoms with E-state index in [1.807, 2.05) is 4.90 Å². The molecule has 3 heterocycles. The highest BCUT2D eigenvalue weighted by Gasteiger charge is 2.36. The van der Waals surface area contributed by atoms with Gasteiger partial charge in [-0.3, -0.25) is 9.69 Å². The summed E-state index contributed by atoms with van der Waals surface area (Å²) in [4.78, 5) is 13.6. The molecule has 0 radical (unpaired) electrons. The summed E-state index contributed by atoms with van der Waals surface area (Å²) >= 11 is 6.87. The van der Waals surface area contributed by atoms with Crippen LogP contribution in [-0.4, -0.2) is 62.4 Å². The number of thiophene rings is 1. The van der Waals surface area contributed by atoms with Crippen LogP contribution < -0.4 is 0 Å². The molecule has 0 N–H and O–H groups in total. The lowest BCUT2D eigenvalue weighted by atomic mass is 10.2. The zero-order chi connectivity index (χ0) is 15.0. The van der Waals surface area contributed by atoms with Crippen LogP contribution in [0.25, 0.3) is 0 Å². The van der Waals surface area contributed by atoms with E-state index in [0.717, 1.165) is 11.3 Å². The van der Waals surface area contributed by atoms with Gasteiger partial charge in [0.1, 0.15) is 10.3 Å². The lowest BCUT2D eigenvalue weighted by Crippen LogP contribution is -2.52. The molecule has 116 valence electrons. The maximum Gasteiger partial charge on any atom is 0.323 e. The molecule has 0 aromatic carbocycles. The Kier molecular flexibility index (Phi) is 4.24. The van der Waals surface area contributed by atoms with Crippen molar-refractivity contribution < 1.29 is 17.9 Å². The van der Waals surface area contributed by atoms with Gasteiger partial charge in [0.15, 0.2) is 0 Å². The summed E-state index contributed by atoms with van der Waals surface area (Å²) in [6, 6.07) is 2.90. The Hall–Kier alpha value is -0.670. The summed E-state index contributed by atoms with van der Waals surface area (Å²) in [5.41, 5.74) is 0. The monoisotopic (exact) mass is 350 g/mol. The van der Waals surface area contributed by atoms with Gasteiger partial charge in [0, 0.05) is 32.6 Å². The SMILES string of the molecule is O=C1OCCC1N1CCN(S(=O)(=O)c2ccc(Cl)s2)CC1. The molecule has 1 aromatic heterocycles. The van der Waals surface area contributed by atoms with Crippen LogP contribution in [0.15, 0.2) is 16.3 Å². The summed E-state index contributed by atoms with van der Waals surface area (Å²) in [5, 5.41) is 0. The molecule has 2 saturated heterocycles. The van der Waals surface area contributed by atoms with Gasteiger partial charge in [-0.15, -0.1) is 11.3 Å². The fourth-order valence-corrected chi connectivity index (χ4v) is 5.70. The first-order chi connectivity index (χ1) is 9.98. The van der Waals surface area contributed by atoms with Crippen molar-refractivity contribution in [3.63, 3.8) is 0 Å². The highest BCUT2D eigenvalue weighted by molar-refractivity contribution is 7.91. The van der Waals surface area contributed by atoms with Gasteiger partial charge < -0.3 is 4.74 Å². The van der Waals surface area contributed by atoms with Gasteiger partial charge in [-0.05, 0) is 12.1 Å². The number of ether oxygens (including phenoxy) is 1. The van der Waals surface area contributed by atoms with Gasteiger partial charge in [-0.2, -0.15) is 4.31 Å². The first-order valence-corrected chi connectivity index (χ1v) is 9.28. The topological polar surface area (TPSA) is 66.9 Å². The van der Waals surface area contributed by atoms with E-state index in [1.54, 1.807) is 6.07 Å². The van der Waals surface area contributed by atoms with Crippen LogP contribution in [0.5, 0.6) is 0 Å². The molecule has 0 saturated carbocycles. The molecule has 3 rings (SSSR count). The van der Waals surface area contributed by atoms with Gasteiger partial charge in [0.25, 0.3) is 10.0 Å². The molecule has 2 fully saturated rings. The van der Waals surface area contributed by atoms with Gasteiger partial charge >= 0.3 is 5.97 Å². The van der Waals surface area contributed by atoms with Crippen molar-refractivity contribution in [3.8, 4) is 0 Å². The lowest BCUT2D eigenvalue weighted by Gasteiger charge is -2.35. The molecule has 2 aliphatic rings. The number of cyclic esters (lactones) is 1. The molecule has 2 aliphatic heterocycles. The smallest absolute Gasteiger partial charge is 0.323 e. The van der Waals surface area contributed by atoms with Crippen LogP contribution >= 0.6 is 22.9 Å². The van der Waals surface area contributed by atoms with E-state index < -0.39 is 10.0 Å². The third-order valence-corrected chi connectivity index (χ3v) is 7.36. The van der Waals surface area contributed by atoms with Crippen molar-refractivity contribution in [1.82, 2.24) is 9.21 Å². The number of hydrogen-bond acceptors (Lipinski definition) is 6. The Morgan fingerprint density at radius 3 is 2.48 bits per heavy atom. The van der Waals surface area contributed by atoms with E-state index in [2.05, 4.69) is 0 Å². The Labute approximate surface area is 132 Å².